The van der Waals surface area contributed by atoms with Crippen LogP contribution in [-0.4, -0.2) is 14.1 Å². The summed E-state index contributed by atoms with van der Waals surface area (Å²) in [7, 11) is 0. The van der Waals surface area contributed by atoms with Crippen LogP contribution >= 0.6 is 0 Å². The van der Waals surface area contributed by atoms with Gasteiger partial charge in [0, 0.05) is 44.3 Å². The van der Waals surface area contributed by atoms with Crippen molar-refractivity contribution in [3.63, 3.8) is 0 Å². The van der Waals surface area contributed by atoms with Crippen molar-refractivity contribution in [2.24, 2.45) is 0 Å². The molecule has 0 saturated heterocycles. The second-order valence-electron chi connectivity index (χ2n) is 25.8. The molecule has 0 aliphatic rings. The smallest absolute Gasteiger partial charge is 0.267 e. The molecular formula is C60H76N4OPt-2. The summed E-state index contributed by atoms with van der Waals surface area (Å²) in [5.74, 6) is 2.11. The van der Waals surface area contributed by atoms with Crippen molar-refractivity contribution >= 4 is 21.8 Å². The number of ether oxygens (including phenoxy) is 1. The molecule has 0 aliphatic heterocycles. The largest absolute Gasteiger partial charge is 0.510 e. The monoisotopic (exact) mass is 1060 g/mol. The molecule has 0 saturated carbocycles. The zero-order valence-corrected chi connectivity index (χ0v) is 46.3. The van der Waals surface area contributed by atoms with Gasteiger partial charge in [-0.3, -0.25) is 4.57 Å². The third-order valence-corrected chi connectivity index (χ3v) is 12.7. The Balaban J connectivity index is 0.00000720. The Morgan fingerprint density at radius 1 is 0.485 bits per heavy atom. The van der Waals surface area contributed by atoms with Crippen LogP contribution in [0.25, 0.3) is 39.0 Å². The van der Waals surface area contributed by atoms with Gasteiger partial charge in [-0.05, 0) is 102 Å². The third-order valence-electron chi connectivity index (χ3n) is 12.7. The maximum Gasteiger partial charge on any atom is 0.267 e. The summed E-state index contributed by atoms with van der Waals surface area (Å²) < 4.78 is 13.8. The van der Waals surface area contributed by atoms with Crippen molar-refractivity contribution in [2.75, 3.05) is 0 Å². The zero-order valence-electron chi connectivity index (χ0n) is 44.0. The SMILES string of the molecule is CC(C)(C)c1cc(Oc2[c-]c3c(cc2)c2cc(C(C)(C)C)ccc2n3-c2cc(C(C)(C)C)ccn2)[c-]c(-n2[c-][n+](-c3cc(C(C)(C)C)cc(C(C)(C)C)c3)c(C(C)(C)C)c2C(C)(C)C)c1.[Pt]. The van der Waals surface area contributed by atoms with Gasteiger partial charge in [0.25, 0.3) is 6.33 Å². The minimum atomic E-state index is -0.247. The Hall–Kier alpha value is -4.47. The summed E-state index contributed by atoms with van der Waals surface area (Å²) in [6.07, 6.45) is 5.87. The van der Waals surface area contributed by atoms with E-state index in [2.05, 4.69) is 250 Å². The van der Waals surface area contributed by atoms with E-state index < -0.39 is 0 Å². The van der Waals surface area contributed by atoms with Crippen LogP contribution in [0.3, 0.4) is 0 Å². The fourth-order valence-electron chi connectivity index (χ4n) is 8.71. The number of pyridine rings is 1. The Morgan fingerprint density at radius 2 is 1.03 bits per heavy atom. The van der Waals surface area contributed by atoms with Gasteiger partial charge in [-0.2, -0.15) is 17.7 Å². The first-order chi connectivity index (χ1) is 29.6. The molecular weight excluding hydrogens is 988 g/mol. The molecule has 7 aromatic rings. The van der Waals surface area contributed by atoms with Gasteiger partial charge in [-0.25, -0.2) is 4.98 Å². The van der Waals surface area contributed by atoms with Gasteiger partial charge in [0.05, 0.1) is 17.1 Å². The Labute approximate surface area is 412 Å². The van der Waals surface area contributed by atoms with E-state index in [1.54, 1.807) is 0 Å². The number of benzene rings is 4. The number of aromatic nitrogens is 4. The van der Waals surface area contributed by atoms with Crippen molar-refractivity contribution < 1.29 is 30.4 Å². The Kier molecular flexibility index (Phi) is 13.1. The molecule has 6 heteroatoms. The van der Waals surface area contributed by atoms with Crippen molar-refractivity contribution in [2.45, 2.75) is 183 Å². The van der Waals surface area contributed by atoms with E-state index in [0.29, 0.717) is 11.5 Å². The van der Waals surface area contributed by atoms with E-state index in [0.717, 1.165) is 39.2 Å². The molecule has 0 unspecified atom stereocenters. The molecule has 0 N–H and O–H groups in total. The van der Waals surface area contributed by atoms with Gasteiger partial charge < -0.3 is 13.9 Å². The summed E-state index contributed by atoms with van der Waals surface area (Å²) in [6, 6.07) is 34.5. The standard InChI is InChI=1S/C60H76N4O.Pt/c1-54(2,3)38-22-25-49-48(33-38)47-24-23-45(36-50(47)64(49)51-34-39(26-27-61-51)55(4,5)6)65-46-32-42(58(13,14)15)31-44(35-46)63-37-62(52(59(16,17)18)53(63)60(19,20)21)43-29-40(56(7,8)9)28-41(30-43)57(10,11)12;/h22-34H,1-21H3;/q-2;. The van der Waals surface area contributed by atoms with E-state index >= 15 is 0 Å². The fourth-order valence-corrected chi connectivity index (χ4v) is 8.71. The van der Waals surface area contributed by atoms with Crippen molar-refractivity contribution in [3.05, 3.63) is 137 Å². The Morgan fingerprint density at radius 3 is 1.56 bits per heavy atom. The Bertz CT molecular complexity index is 2900. The predicted molar refractivity (Wildman–Crippen MR) is 273 cm³/mol. The molecule has 66 heavy (non-hydrogen) atoms. The van der Waals surface area contributed by atoms with Crippen molar-refractivity contribution in [1.29, 1.82) is 0 Å². The van der Waals surface area contributed by atoms with Crippen LogP contribution in [0.1, 0.15) is 185 Å². The molecule has 0 bridgehead atoms. The van der Waals surface area contributed by atoms with Gasteiger partial charge in [-0.1, -0.05) is 169 Å². The average molecular weight is 1060 g/mol. The fraction of sp³-hybridized carbons (Fsp3) is 0.467. The number of nitrogens with zero attached hydrogens (tertiary/aromatic N) is 4. The van der Waals surface area contributed by atoms with E-state index in [4.69, 9.17) is 9.72 Å². The zero-order chi connectivity index (χ0) is 48.2. The topological polar surface area (TPSA) is 35.9 Å². The van der Waals surface area contributed by atoms with Gasteiger partial charge >= 0.3 is 0 Å². The average Bonchev–Trinajstić information content (AvgIpc) is 3.74. The maximum absolute atomic E-state index is 6.97. The van der Waals surface area contributed by atoms with E-state index in [9.17, 15) is 0 Å². The molecule has 0 atom stereocenters. The number of imidazole rings is 1. The second kappa shape index (κ2) is 16.9. The number of hydrogen-bond acceptors (Lipinski definition) is 2. The second-order valence-corrected chi connectivity index (χ2v) is 25.8. The minimum absolute atomic E-state index is 0. The van der Waals surface area contributed by atoms with Gasteiger partial charge in [-0.15, -0.1) is 29.7 Å². The molecule has 354 valence electrons. The van der Waals surface area contributed by atoms with Gasteiger partial charge in [0.2, 0.25) is 0 Å². The van der Waals surface area contributed by atoms with Crippen LogP contribution < -0.4 is 9.30 Å². The third kappa shape index (κ3) is 10.2. The predicted octanol–water partition coefficient (Wildman–Crippen LogP) is 15.5. The van der Waals surface area contributed by atoms with Crippen LogP contribution in [0.15, 0.2) is 79.0 Å². The van der Waals surface area contributed by atoms with Crippen LogP contribution in [-0.2, 0) is 59.0 Å². The molecule has 3 heterocycles. The first-order valence-corrected chi connectivity index (χ1v) is 23.6. The first kappa shape index (κ1) is 50.9. The minimum Gasteiger partial charge on any atom is -0.510 e. The summed E-state index contributed by atoms with van der Waals surface area (Å²) in [4.78, 5) is 4.96. The van der Waals surface area contributed by atoms with Crippen LogP contribution in [0.2, 0.25) is 0 Å². The van der Waals surface area contributed by atoms with Crippen molar-refractivity contribution in [1.82, 2.24) is 14.1 Å². The maximum atomic E-state index is 6.97. The summed E-state index contributed by atoms with van der Waals surface area (Å²) in [5, 5.41) is 2.28. The molecule has 0 amide bonds. The van der Waals surface area contributed by atoms with Crippen LogP contribution in [0.4, 0.5) is 0 Å². The molecule has 0 radical (unpaired) electrons. The summed E-state index contributed by atoms with van der Waals surface area (Å²) in [5.41, 5.74) is 11.9. The molecule has 0 aliphatic carbocycles. The van der Waals surface area contributed by atoms with Crippen molar-refractivity contribution in [3.8, 4) is 28.7 Å². The van der Waals surface area contributed by atoms with Crippen LogP contribution in [0, 0.1) is 18.5 Å². The summed E-state index contributed by atoms with van der Waals surface area (Å²) >= 11 is 0. The number of hydrogen-bond donors (Lipinski definition) is 0. The van der Waals surface area contributed by atoms with E-state index in [1.807, 2.05) is 6.20 Å². The first-order valence-electron chi connectivity index (χ1n) is 23.6. The molecule has 3 aromatic heterocycles. The quantitative estimate of drug-likeness (QED) is 0.127. The van der Waals surface area contributed by atoms with Crippen LogP contribution in [0.5, 0.6) is 11.5 Å². The van der Waals surface area contributed by atoms with E-state index in [-0.39, 0.29) is 59.0 Å². The number of rotatable bonds is 5. The van der Waals surface area contributed by atoms with Gasteiger partial charge in [0.15, 0.2) is 0 Å². The van der Waals surface area contributed by atoms with E-state index in [1.165, 1.54) is 39.0 Å². The molecule has 7 rings (SSSR count). The molecule has 0 spiro atoms. The summed E-state index contributed by atoms with van der Waals surface area (Å²) in [6.45, 7) is 48.0. The molecule has 4 aromatic carbocycles. The van der Waals surface area contributed by atoms with Gasteiger partial charge in [0.1, 0.15) is 5.82 Å². The number of fused-ring (bicyclic) bond motifs is 3. The molecule has 0 fully saturated rings. The normalized spacial score (nSPS) is 13.4. The molecule has 5 nitrogen and oxygen atoms in total.